The second kappa shape index (κ2) is 6.31. The second-order valence-electron chi connectivity index (χ2n) is 5.87. The lowest BCUT2D eigenvalue weighted by Gasteiger charge is -2.30. The third kappa shape index (κ3) is 2.98. The van der Waals surface area contributed by atoms with Crippen molar-refractivity contribution in [2.24, 2.45) is 0 Å². The summed E-state index contributed by atoms with van der Waals surface area (Å²) in [6.45, 7) is 10.1. The number of fused-ring (bicyclic) bond motifs is 1. The number of aromatic amines is 1. The molecule has 0 aliphatic rings. The van der Waals surface area contributed by atoms with Crippen LogP contribution in [0, 0.1) is 0 Å². The molecule has 2 rings (SSSR count). The molecule has 0 atom stereocenters. The van der Waals surface area contributed by atoms with E-state index in [2.05, 4.69) is 49.8 Å². The number of methoxy groups -OCH3 is 1. The molecule has 2 aromatic rings. The van der Waals surface area contributed by atoms with Crippen LogP contribution in [0.1, 0.15) is 33.3 Å². The van der Waals surface area contributed by atoms with Crippen LogP contribution in [0.4, 0.5) is 0 Å². The summed E-state index contributed by atoms with van der Waals surface area (Å²) in [5.41, 5.74) is 2.49. The largest absolute Gasteiger partial charge is 0.496 e. The number of H-pyrrole nitrogens is 1. The van der Waals surface area contributed by atoms with E-state index in [4.69, 9.17) is 4.74 Å². The highest BCUT2D eigenvalue weighted by atomic mass is 16.5. The maximum Gasteiger partial charge on any atom is 0.128 e. The zero-order valence-corrected chi connectivity index (χ0v) is 13.2. The Kier molecular flexibility index (Phi) is 4.71. The van der Waals surface area contributed by atoms with Gasteiger partial charge in [-0.15, -0.1) is 0 Å². The molecule has 0 bridgehead atoms. The zero-order chi connectivity index (χ0) is 14.7. The van der Waals surface area contributed by atoms with E-state index in [1.165, 1.54) is 10.9 Å². The third-order valence-corrected chi connectivity index (χ3v) is 3.94. The zero-order valence-electron chi connectivity index (χ0n) is 13.2. The van der Waals surface area contributed by atoms with E-state index in [1.807, 2.05) is 12.1 Å². The van der Waals surface area contributed by atoms with Crippen LogP contribution >= 0.6 is 0 Å². The van der Waals surface area contributed by atoms with E-state index in [0.717, 1.165) is 24.2 Å². The van der Waals surface area contributed by atoms with Gasteiger partial charge in [0.2, 0.25) is 0 Å². The van der Waals surface area contributed by atoms with E-state index in [1.54, 1.807) is 7.11 Å². The molecule has 1 aromatic heterocycles. The van der Waals surface area contributed by atoms with Crippen LogP contribution in [0.2, 0.25) is 0 Å². The van der Waals surface area contributed by atoms with Gasteiger partial charge in [0, 0.05) is 35.7 Å². The molecular formula is C17H26N2O. The normalized spacial score (nSPS) is 12.0. The minimum atomic E-state index is 0.571. The number of benzene rings is 1. The molecule has 0 aliphatic heterocycles. The molecule has 0 spiro atoms. The first-order chi connectivity index (χ1) is 9.54. The quantitative estimate of drug-likeness (QED) is 0.867. The van der Waals surface area contributed by atoms with Crippen molar-refractivity contribution in [1.29, 1.82) is 0 Å². The minimum absolute atomic E-state index is 0.571. The van der Waals surface area contributed by atoms with Crippen LogP contribution < -0.4 is 4.74 Å². The van der Waals surface area contributed by atoms with Crippen molar-refractivity contribution in [2.45, 2.75) is 46.2 Å². The smallest absolute Gasteiger partial charge is 0.128 e. The van der Waals surface area contributed by atoms with Gasteiger partial charge in [0.1, 0.15) is 5.75 Å². The lowest BCUT2D eigenvalue weighted by Crippen LogP contribution is -2.38. The Hall–Kier alpha value is -1.48. The highest BCUT2D eigenvalue weighted by Gasteiger charge is 2.15. The Morgan fingerprint density at radius 3 is 2.45 bits per heavy atom. The Morgan fingerprint density at radius 2 is 1.85 bits per heavy atom. The van der Waals surface area contributed by atoms with Gasteiger partial charge < -0.3 is 9.72 Å². The Balaban J connectivity index is 2.22. The highest BCUT2D eigenvalue weighted by Crippen LogP contribution is 2.29. The van der Waals surface area contributed by atoms with Crippen molar-refractivity contribution in [3.63, 3.8) is 0 Å². The number of aromatic nitrogens is 1. The maximum atomic E-state index is 5.49. The molecule has 3 heteroatoms. The Labute approximate surface area is 121 Å². The predicted octanol–water partition coefficient (Wildman–Crippen LogP) is 3.84. The first-order valence-electron chi connectivity index (χ1n) is 7.43. The van der Waals surface area contributed by atoms with Crippen molar-refractivity contribution >= 4 is 10.9 Å². The van der Waals surface area contributed by atoms with Gasteiger partial charge in [-0.3, -0.25) is 4.90 Å². The number of nitrogens with one attached hydrogen (secondary N) is 1. The average Bonchev–Trinajstić information content (AvgIpc) is 2.81. The van der Waals surface area contributed by atoms with Crippen molar-refractivity contribution < 1.29 is 4.74 Å². The summed E-state index contributed by atoms with van der Waals surface area (Å²) in [5.74, 6) is 0.958. The standard InChI is InChI=1S/C17H26N2O/c1-12(2)19(13(3)4)10-9-14-11-18-15-7-6-8-16(20-5)17(14)15/h6-8,11-13,18H,9-10H2,1-5H3. The Bertz CT molecular complexity index is 549. The lowest BCUT2D eigenvalue weighted by atomic mass is 10.1. The topological polar surface area (TPSA) is 28.3 Å². The number of hydrogen-bond acceptors (Lipinski definition) is 2. The van der Waals surface area contributed by atoms with Gasteiger partial charge in [0.15, 0.2) is 0 Å². The summed E-state index contributed by atoms with van der Waals surface area (Å²) in [7, 11) is 1.74. The molecule has 0 unspecified atom stereocenters. The molecular weight excluding hydrogens is 248 g/mol. The van der Waals surface area contributed by atoms with E-state index in [0.29, 0.717) is 12.1 Å². The molecule has 1 aromatic carbocycles. The summed E-state index contributed by atoms with van der Waals surface area (Å²) < 4.78 is 5.49. The number of hydrogen-bond donors (Lipinski definition) is 1. The van der Waals surface area contributed by atoms with Gasteiger partial charge in [-0.25, -0.2) is 0 Å². The first-order valence-corrected chi connectivity index (χ1v) is 7.43. The second-order valence-corrected chi connectivity index (χ2v) is 5.87. The van der Waals surface area contributed by atoms with Crippen molar-refractivity contribution in [1.82, 2.24) is 9.88 Å². The molecule has 0 fully saturated rings. The molecule has 0 radical (unpaired) electrons. The first kappa shape index (κ1) is 14.9. The molecule has 1 heterocycles. The molecule has 20 heavy (non-hydrogen) atoms. The molecule has 3 nitrogen and oxygen atoms in total. The SMILES string of the molecule is COc1cccc2[nH]cc(CCN(C(C)C)C(C)C)c12. The average molecular weight is 274 g/mol. The van der Waals surface area contributed by atoms with Crippen LogP contribution in [0.25, 0.3) is 10.9 Å². The number of nitrogens with zero attached hydrogens (tertiary/aromatic N) is 1. The Morgan fingerprint density at radius 1 is 1.15 bits per heavy atom. The van der Waals surface area contributed by atoms with Gasteiger partial charge in [0.05, 0.1) is 7.11 Å². The fourth-order valence-corrected chi connectivity index (χ4v) is 2.95. The van der Waals surface area contributed by atoms with Gasteiger partial charge in [-0.1, -0.05) is 6.07 Å². The molecule has 0 amide bonds. The maximum absolute atomic E-state index is 5.49. The van der Waals surface area contributed by atoms with Crippen LogP contribution in [-0.4, -0.2) is 35.6 Å². The highest BCUT2D eigenvalue weighted by molar-refractivity contribution is 5.89. The van der Waals surface area contributed by atoms with E-state index in [-0.39, 0.29) is 0 Å². The third-order valence-electron chi connectivity index (χ3n) is 3.94. The molecule has 0 saturated carbocycles. The minimum Gasteiger partial charge on any atom is -0.496 e. The monoisotopic (exact) mass is 274 g/mol. The van der Waals surface area contributed by atoms with Crippen molar-refractivity contribution in [3.05, 3.63) is 30.0 Å². The van der Waals surface area contributed by atoms with Gasteiger partial charge in [-0.2, -0.15) is 0 Å². The fraction of sp³-hybridized carbons (Fsp3) is 0.529. The van der Waals surface area contributed by atoms with Crippen LogP contribution in [0.3, 0.4) is 0 Å². The van der Waals surface area contributed by atoms with Crippen LogP contribution in [0.15, 0.2) is 24.4 Å². The van der Waals surface area contributed by atoms with Gasteiger partial charge in [-0.05, 0) is 51.8 Å². The molecule has 1 N–H and O–H groups in total. The molecule has 0 saturated heterocycles. The van der Waals surface area contributed by atoms with Crippen molar-refractivity contribution in [3.8, 4) is 5.75 Å². The van der Waals surface area contributed by atoms with Crippen molar-refractivity contribution in [2.75, 3.05) is 13.7 Å². The summed E-state index contributed by atoms with van der Waals surface area (Å²) in [5, 5.41) is 1.22. The van der Waals surface area contributed by atoms with Gasteiger partial charge in [0.25, 0.3) is 0 Å². The molecule has 110 valence electrons. The van der Waals surface area contributed by atoms with E-state index >= 15 is 0 Å². The van der Waals surface area contributed by atoms with Crippen LogP contribution in [0.5, 0.6) is 5.75 Å². The van der Waals surface area contributed by atoms with Crippen LogP contribution in [-0.2, 0) is 6.42 Å². The summed E-state index contributed by atoms with van der Waals surface area (Å²) in [6.07, 6.45) is 3.16. The lowest BCUT2D eigenvalue weighted by molar-refractivity contribution is 0.177. The number of rotatable bonds is 6. The summed E-state index contributed by atoms with van der Waals surface area (Å²) in [6, 6.07) is 7.30. The predicted molar refractivity (Wildman–Crippen MR) is 85.5 cm³/mol. The molecule has 0 aliphatic carbocycles. The fourth-order valence-electron chi connectivity index (χ4n) is 2.95. The number of ether oxygens (including phenoxy) is 1. The summed E-state index contributed by atoms with van der Waals surface area (Å²) >= 11 is 0. The van der Waals surface area contributed by atoms with Gasteiger partial charge >= 0.3 is 0 Å². The van der Waals surface area contributed by atoms with E-state index in [9.17, 15) is 0 Å². The summed E-state index contributed by atoms with van der Waals surface area (Å²) in [4.78, 5) is 5.87. The van der Waals surface area contributed by atoms with E-state index < -0.39 is 0 Å².